The minimum atomic E-state index is -3.66. The zero-order valence-electron chi connectivity index (χ0n) is 13.9. The van der Waals surface area contributed by atoms with Crippen molar-refractivity contribution in [1.29, 1.82) is 0 Å². The van der Waals surface area contributed by atoms with Crippen LogP contribution in [0.2, 0.25) is 0 Å². The van der Waals surface area contributed by atoms with Crippen LogP contribution in [0.1, 0.15) is 22.1 Å². The summed E-state index contributed by atoms with van der Waals surface area (Å²) in [6.45, 7) is 3.56. The molecule has 2 aromatic heterocycles. The highest BCUT2D eigenvalue weighted by Gasteiger charge is 2.20. The summed E-state index contributed by atoms with van der Waals surface area (Å²) in [7, 11) is -3.66. The number of hydrogen-bond acceptors (Lipinski definition) is 5. The smallest absolute Gasteiger partial charge is 0.240 e. The van der Waals surface area contributed by atoms with Gasteiger partial charge < -0.3 is 5.11 Å². The standard InChI is InChI=1S/C18H19NO3S3/c1-12-3-4-13(2)18(9-12)25(21,22)19-10-15(20)17-6-5-16(24-17)14-7-8-23-11-14/h3-9,11,15,19-20H,10H2,1-2H3. The fourth-order valence-electron chi connectivity index (χ4n) is 2.46. The van der Waals surface area contributed by atoms with E-state index in [1.54, 1.807) is 30.4 Å². The lowest BCUT2D eigenvalue weighted by Gasteiger charge is -2.13. The quantitative estimate of drug-likeness (QED) is 0.662. The number of aliphatic hydroxyl groups excluding tert-OH is 1. The van der Waals surface area contributed by atoms with Gasteiger partial charge in [-0.15, -0.1) is 11.3 Å². The Balaban J connectivity index is 1.71. The molecule has 0 fully saturated rings. The van der Waals surface area contributed by atoms with Crippen LogP contribution in [0.15, 0.2) is 52.1 Å². The molecule has 0 aliphatic carbocycles. The molecule has 2 N–H and O–H groups in total. The highest BCUT2D eigenvalue weighted by Crippen LogP contribution is 2.32. The largest absolute Gasteiger partial charge is 0.386 e. The lowest BCUT2D eigenvalue weighted by atomic mass is 10.2. The molecule has 132 valence electrons. The molecule has 0 radical (unpaired) electrons. The van der Waals surface area contributed by atoms with E-state index < -0.39 is 16.1 Å². The Bertz CT molecular complexity index is 959. The van der Waals surface area contributed by atoms with Gasteiger partial charge in [0.2, 0.25) is 10.0 Å². The summed E-state index contributed by atoms with van der Waals surface area (Å²) in [4.78, 5) is 2.06. The normalized spacial score (nSPS) is 13.1. The molecular formula is C18H19NO3S3. The van der Waals surface area contributed by atoms with Gasteiger partial charge in [-0.2, -0.15) is 11.3 Å². The van der Waals surface area contributed by atoms with Crippen molar-refractivity contribution in [3.8, 4) is 10.4 Å². The summed E-state index contributed by atoms with van der Waals surface area (Å²) in [6.07, 6.45) is -0.878. The van der Waals surface area contributed by atoms with Gasteiger partial charge >= 0.3 is 0 Å². The third-order valence-electron chi connectivity index (χ3n) is 3.86. The molecule has 25 heavy (non-hydrogen) atoms. The average molecular weight is 394 g/mol. The maximum Gasteiger partial charge on any atom is 0.240 e. The topological polar surface area (TPSA) is 66.4 Å². The lowest BCUT2D eigenvalue weighted by molar-refractivity contribution is 0.186. The Kier molecular flexibility index (Phi) is 5.41. The van der Waals surface area contributed by atoms with E-state index in [0.717, 1.165) is 20.9 Å². The van der Waals surface area contributed by atoms with Crippen LogP contribution in [0, 0.1) is 13.8 Å². The minimum absolute atomic E-state index is 0.0562. The fourth-order valence-corrected chi connectivity index (χ4v) is 5.54. The molecule has 0 aliphatic heterocycles. The fraction of sp³-hybridized carbons (Fsp3) is 0.222. The molecule has 1 atom stereocenters. The van der Waals surface area contributed by atoms with Crippen molar-refractivity contribution in [1.82, 2.24) is 4.72 Å². The second-order valence-electron chi connectivity index (χ2n) is 5.85. The van der Waals surface area contributed by atoms with Crippen molar-refractivity contribution in [3.63, 3.8) is 0 Å². The monoisotopic (exact) mass is 393 g/mol. The highest BCUT2D eigenvalue weighted by atomic mass is 32.2. The van der Waals surface area contributed by atoms with Crippen LogP contribution in [0.25, 0.3) is 10.4 Å². The molecular weight excluding hydrogens is 374 g/mol. The van der Waals surface area contributed by atoms with Crippen LogP contribution >= 0.6 is 22.7 Å². The Hall–Kier alpha value is -1.51. The summed E-state index contributed by atoms with van der Waals surface area (Å²) in [5.41, 5.74) is 2.68. The molecule has 0 saturated heterocycles. The summed E-state index contributed by atoms with van der Waals surface area (Å²) >= 11 is 3.09. The maximum atomic E-state index is 12.5. The third-order valence-corrected chi connectivity index (χ3v) is 7.35. The molecule has 1 unspecified atom stereocenters. The molecule has 2 heterocycles. The number of benzene rings is 1. The van der Waals surface area contributed by atoms with Gasteiger partial charge in [-0.3, -0.25) is 0 Å². The Labute approximate surface area is 155 Å². The molecule has 0 saturated carbocycles. The first-order valence-corrected chi connectivity index (χ1v) is 11.0. The van der Waals surface area contributed by atoms with Gasteiger partial charge in [-0.05, 0) is 60.0 Å². The summed E-state index contributed by atoms with van der Waals surface area (Å²) in [6, 6.07) is 11.1. The van der Waals surface area contributed by atoms with E-state index in [2.05, 4.69) is 4.72 Å². The van der Waals surface area contributed by atoms with Crippen LogP contribution in [-0.2, 0) is 10.0 Å². The maximum absolute atomic E-state index is 12.5. The van der Waals surface area contributed by atoms with Gasteiger partial charge in [0.1, 0.15) is 6.10 Å². The van der Waals surface area contributed by atoms with E-state index in [1.165, 1.54) is 11.3 Å². The second-order valence-corrected chi connectivity index (χ2v) is 9.48. The third kappa shape index (κ3) is 4.19. The number of aryl methyl sites for hydroxylation is 2. The number of rotatable bonds is 6. The number of sulfonamides is 1. The Morgan fingerprint density at radius 2 is 1.96 bits per heavy atom. The molecule has 1 aromatic carbocycles. The first-order chi connectivity index (χ1) is 11.9. The Morgan fingerprint density at radius 1 is 1.16 bits per heavy atom. The average Bonchev–Trinajstić information content (AvgIpc) is 3.25. The van der Waals surface area contributed by atoms with Gasteiger partial charge in [-0.25, -0.2) is 13.1 Å². The van der Waals surface area contributed by atoms with Crippen LogP contribution in [-0.4, -0.2) is 20.1 Å². The highest BCUT2D eigenvalue weighted by molar-refractivity contribution is 7.89. The van der Waals surface area contributed by atoms with Gasteiger partial charge in [0.25, 0.3) is 0 Å². The van der Waals surface area contributed by atoms with E-state index in [9.17, 15) is 13.5 Å². The SMILES string of the molecule is Cc1ccc(C)c(S(=O)(=O)NCC(O)c2ccc(-c3ccsc3)s2)c1. The molecule has 3 rings (SSSR count). The Morgan fingerprint density at radius 3 is 2.68 bits per heavy atom. The van der Waals surface area contributed by atoms with E-state index in [1.807, 2.05) is 41.9 Å². The number of hydrogen-bond donors (Lipinski definition) is 2. The van der Waals surface area contributed by atoms with Crippen LogP contribution in [0.5, 0.6) is 0 Å². The number of aliphatic hydroxyl groups is 1. The van der Waals surface area contributed by atoms with Crippen LogP contribution < -0.4 is 4.72 Å². The predicted octanol–water partition coefficient (Wildman–Crippen LogP) is 4.11. The van der Waals surface area contributed by atoms with E-state index in [-0.39, 0.29) is 11.4 Å². The predicted molar refractivity (Wildman–Crippen MR) is 104 cm³/mol. The molecule has 4 nitrogen and oxygen atoms in total. The van der Waals surface area contributed by atoms with E-state index >= 15 is 0 Å². The molecule has 0 amide bonds. The van der Waals surface area contributed by atoms with E-state index in [0.29, 0.717) is 5.56 Å². The molecule has 0 bridgehead atoms. The van der Waals surface area contributed by atoms with Crippen molar-refractivity contribution in [3.05, 3.63) is 63.2 Å². The summed E-state index contributed by atoms with van der Waals surface area (Å²) < 4.78 is 27.5. The van der Waals surface area contributed by atoms with Gasteiger partial charge in [-0.1, -0.05) is 12.1 Å². The van der Waals surface area contributed by atoms with Crippen molar-refractivity contribution < 1.29 is 13.5 Å². The van der Waals surface area contributed by atoms with Crippen molar-refractivity contribution in [2.45, 2.75) is 24.8 Å². The van der Waals surface area contributed by atoms with Gasteiger partial charge in [0.15, 0.2) is 0 Å². The molecule has 7 heteroatoms. The van der Waals surface area contributed by atoms with Gasteiger partial charge in [0, 0.05) is 21.9 Å². The zero-order valence-corrected chi connectivity index (χ0v) is 16.3. The number of thiophene rings is 2. The van der Waals surface area contributed by atoms with Crippen molar-refractivity contribution >= 4 is 32.7 Å². The zero-order chi connectivity index (χ0) is 18.0. The minimum Gasteiger partial charge on any atom is -0.386 e. The van der Waals surface area contributed by atoms with Gasteiger partial charge in [0.05, 0.1) is 4.90 Å². The summed E-state index contributed by atoms with van der Waals surface area (Å²) in [5, 5.41) is 14.4. The van der Waals surface area contributed by atoms with Crippen LogP contribution in [0.3, 0.4) is 0 Å². The first kappa shape index (κ1) is 18.3. The number of nitrogens with one attached hydrogen (secondary N) is 1. The summed E-state index contributed by atoms with van der Waals surface area (Å²) in [5.74, 6) is 0. The molecule has 3 aromatic rings. The van der Waals surface area contributed by atoms with Crippen molar-refractivity contribution in [2.75, 3.05) is 6.54 Å². The molecule has 0 aliphatic rings. The van der Waals surface area contributed by atoms with E-state index in [4.69, 9.17) is 0 Å². The van der Waals surface area contributed by atoms with Crippen LogP contribution in [0.4, 0.5) is 0 Å². The second kappa shape index (κ2) is 7.39. The molecule has 0 spiro atoms. The van der Waals surface area contributed by atoms with Crippen molar-refractivity contribution in [2.24, 2.45) is 0 Å². The lowest BCUT2D eigenvalue weighted by Crippen LogP contribution is -2.28. The first-order valence-electron chi connectivity index (χ1n) is 7.74.